The van der Waals surface area contributed by atoms with Crippen LogP contribution in [-0.4, -0.2) is 9.38 Å². The highest BCUT2D eigenvalue weighted by atomic mass is 16.4. The predicted molar refractivity (Wildman–Crippen MR) is 115 cm³/mol. The largest absolute Gasteiger partial charge is 0.455 e. The van der Waals surface area contributed by atoms with Gasteiger partial charge in [-0.05, 0) is 35.9 Å². The summed E-state index contributed by atoms with van der Waals surface area (Å²) in [5.41, 5.74) is 7.75. The van der Waals surface area contributed by atoms with Crippen molar-refractivity contribution in [2.75, 3.05) is 0 Å². The van der Waals surface area contributed by atoms with Crippen LogP contribution in [-0.2, 0) is 0 Å². The van der Waals surface area contributed by atoms with Crippen LogP contribution in [0.4, 0.5) is 0 Å². The van der Waals surface area contributed by atoms with E-state index >= 15 is 0 Å². The van der Waals surface area contributed by atoms with Crippen molar-refractivity contribution in [1.29, 1.82) is 0 Å². The second-order valence-electron chi connectivity index (χ2n) is 7.28. The molecule has 0 saturated carbocycles. The van der Waals surface area contributed by atoms with E-state index in [1.54, 1.807) is 0 Å². The number of imidazole rings is 1. The fourth-order valence-corrected chi connectivity index (χ4v) is 4.32. The molecule has 0 N–H and O–H groups in total. The highest BCUT2D eigenvalue weighted by Crippen LogP contribution is 2.37. The number of benzene rings is 4. The lowest BCUT2D eigenvalue weighted by Crippen LogP contribution is -1.83. The average Bonchev–Trinajstić information content (AvgIpc) is 3.42. The molecule has 0 amide bonds. The van der Waals surface area contributed by atoms with E-state index in [0.717, 1.165) is 55.2 Å². The van der Waals surface area contributed by atoms with Gasteiger partial charge >= 0.3 is 5.84 Å². The number of furan rings is 1. The minimum atomic E-state index is 0.611. The molecule has 0 aliphatic carbocycles. The summed E-state index contributed by atoms with van der Waals surface area (Å²) < 4.78 is 14.3. The van der Waals surface area contributed by atoms with Crippen LogP contribution in [0, 0.1) is 0 Å². The number of para-hydroxylation sites is 4. The molecule has 7 aromatic rings. The predicted octanol–water partition coefficient (Wildman–Crippen LogP) is 6.80. The number of hydrogen-bond donors (Lipinski definition) is 0. The summed E-state index contributed by atoms with van der Waals surface area (Å²) in [6.45, 7) is 0. The van der Waals surface area contributed by atoms with Crippen molar-refractivity contribution < 1.29 is 8.83 Å². The number of aromatic nitrogens is 2. The number of hydrogen-bond acceptors (Lipinski definition) is 3. The van der Waals surface area contributed by atoms with Crippen molar-refractivity contribution in [3.63, 3.8) is 0 Å². The van der Waals surface area contributed by atoms with Gasteiger partial charge in [0.2, 0.25) is 0 Å². The van der Waals surface area contributed by atoms with Gasteiger partial charge in [0.25, 0.3) is 0 Å². The smallest absolute Gasteiger partial charge is 0.307 e. The molecule has 3 heterocycles. The summed E-state index contributed by atoms with van der Waals surface area (Å²) in [4.78, 5) is 4.61. The molecular weight excluding hydrogens is 360 g/mol. The zero-order valence-electron chi connectivity index (χ0n) is 15.3. The average molecular weight is 374 g/mol. The topological polar surface area (TPSA) is 43.6 Å². The van der Waals surface area contributed by atoms with Gasteiger partial charge in [0, 0.05) is 16.3 Å². The van der Waals surface area contributed by atoms with Crippen LogP contribution in [0.5, 0.6) is 0 Å². The lowest BCUT2D eigenvalue weighted by Gasteiger charge is -2.03. The monoisotopic (exact) mass is 374 g/mol. The Bertz CT molecular complexity index is 1720. The van der Waals surface area contributed by atoms with Crippen LogP contribution in [0.2, 0.25) is 0 Å². The summed E-state index contributed by atoms with van der Waals surface area (Å²) in [5, 5.41) is 2.26. The maximum absolute atomic E-state index is 6.23. The maximum atomic E-state index is 6.23. The maximum Gasteiger partial charge on any atom is 0.307 e. The third-order valence-electron chi connectivity index (χ3n) is 5.65. The second kappa shape index (κ2) is 5.26. The highest BCUT2D eigenvalue weighted by molar-refractivity contribution is 6.09. The summed E-state index contributed by atoms with van der Waals surface area (Å²) in [6.07, 6.45) is 0. The fourth-order valence-electron chi connectivity index (χ4n) is 4.32. The van der Waals surface area contributed by atoms with E-state index < -0.39 is 0 Å². The summed E-state index contributed by atoms with van der Waals surface area (Å²) in [6, 6.07) is 28.8. The molecule has 4 nitrogen and oxygen atoms in total. The van der Waals surface area contributed by atoms with Gasteiger partial charge < -0.3 is 8.83 Å². The molecule has 0 saturated heterocycles. The van der Waals surface area contributed by atoms with Crippen LogP contribution in [0.1, 0.15) is 0 Å². The van der Waals surface area contributed by atoms with Crippen molar-refractivity contribution in [3.8, 4) is 11.1 Å². The first-order valence-electron chi connectivity index (χ1n) is 9.57. The molecule has 0 bridgehead atoms. The minimum Gasteiger partial charge on any atom is -0.455 e. The molecule has 4 aromatic carbocycles. The molecule has 0 fully saturated rings. The minimum absolute atomic E-state index is 0.611. The first-order chi connectivity index (χ1) is 14.4. The quantitative estimate of drug-likeness (QED) is 0.317. The number of oxazole rings is 1. The van der Waals surface area contributed by atoms with Gasteiger partial charge in [-0.25, -0.2) is 0 Å². The Morgan fingerprint density at radius 3 is 2.52 bits per heavy atom. The van der Waals surface area contributed by atoms with Crippen molar-refractivity contribution in [2.45, 2.75) is 0 Å². The van der Waals surface area contributed by atoms with Gasteiger partial charge in [0.15, 0.2) is 5.58 Å². The Kier molecular flexibility index (Phi) is 2.71. The van der Waals surface area contributed by atoms with Gasteiger partial charge in [0.05, 0.1) is 16.6 Å². The van der Waals surface area contributed by atoms with E-state index in [-0.39, 0.29) is 0 Å². The molecule has 0 aliphatic rings. The highest BCUT2D eigenvalue weighted by Gasteiger charge is 2.16. The summed E-state index contributed by atoms with van der Waals surface area (Å²) in [7, 11) is 0. The van der Waals surface area contributed by atoms with Gasteiger partial charge in [0.1, 0.15) is 11.2 Å². The normalized spacial score (nSPS) is 12.1. The van der Waals surface area contributed by atoms with E-state index in [9.17, 15) is 0 Å². The lowest BCUT2D eigenvalue weighted by molar-refractivity contribution is 0.643. The molecular formula is C25H14N2O2. The second-order valence-corrected chi connectivity index (χ2v) is 7.28. The Labute approximate surface area is 164 Å². The zero-order valence-corrected chi connectivity index (χ0v) is 15.3. The van der Waals surface area contributed by atoms with Crippen molar-refractivity contribution >= 4 is 49.9 Å². The van der Waals surface area contributed by atoms with E-state index in [2.05, 4.69) is 51.8 Å². The van der Waals surface area contributed by atoms with Crippen LogP contribution < -0.4 is 0 Å². The fraction of sp³-hybridized carbons (Fsp3) is 0. The molecule has 3 aromatic heterocycles. The third kappa shape index (κ3) is 1.95. The van der Waals surface area contributed by atoms with Crippen LogP contribution >= 0.6 is 0 Å². The number of nitrogens with zero attached hydrogens (tertiary/aromatic N) is 2. The van der Waals surface area contributed by atoms with Gasteiger partial charge in [-0.3, -0.25) is 4.40 Å². The first kappa shape index (κ1) is 14.9. The lowest BCUT2D eigenvalue weighted by atomic mass is 10.0. The SMILES string of the molecule is c1ccc2c(c1)nc1oc3ccc(-c4cccc5c4oc4ccccc45)cc3n12. The molecule has 0 atom stereocenters. The zero-order chi connectivity index (χ0) is 18.9. The van der Waals surface area contributed by atoms with E-state index in [1.807, 2.05) is 42.5 Å². The molecule has 7 rings (SSSR count). The molecule has 0 radical (unpaired) electrons. The molecule has 136 valence electrons. The van der Waals surface area contributed by atoms with Crippen molar-refractivity contribution in [2.24, 2.45) is 0 Å². The van der Waals surface area contributed by atoms with Crippen molar-refractivity contribution in [3.05, 3.63) is 84.9 Å². The summed E-state index contributed by atoms with van der Waals surface area (Å²) in [5.74, 6) is 0.611. The van der Waals surface area contributed by atoms with E-state index in [4.69, 9.17) is 8.83 Å². The Balaban J connectivity index is 1.56. The van der Waals surface area contributed by atoms with Crippen LogP contribution in [0.25, 0.3) is 61.0 Å². The molecule has 0 spiro atoms. The Hall–Kier alpha value is -4.05. The van der Waals surface area contributed by atoms with Gasteiger partial charge in [-0.2, -0.15) is 4.98 Å². The molecule has 0 unspecified atom stereocenters. The van der Waals surface area contributed by atoms with Crippen LogP contribution in [0.15, 0.2) is 93.8 Å². The Morgan fingerprint density at radius 2 is 1.52 bits per heavy atom. The van der Waals surface area contributed by atoms with Crippen LogP contribution in [0.3, 0.4) is 0 Å². The summed E-state index contributed by atoms with van der Waals surface area (Å²) >= 11 is 0. The van der Waals surface area contributed by atoms with Gasteiger partial charge in [-0.15, -0.1) is 0 Å². The van der Waals surface area contributed by atoms with E-state index in [1.165, 1.54) is 0 Å². The standard InChI is InChI=1S/C25H14N2O2/c1-4-11-22-17(6-1)18-8-5-7-16(24(18)28-22)15-12-13-23-21(14-15)27-20-10-3-2-9-19(20)26-25(27)29-23/h1-14H. The first-order valence-corrected chi connectivity index (χ1v) is 9.57. The van der Waals surface area contributed by atoms with E-state index in [0.29, 0.717) is 5.84 Å². The number of fused-ring (bicyclic) bond motifs is 8. The Morgan fingerprint density at radius 1 is 0.655 bits per heavy atom. The number of rotatable bonds is 1. The van der Waals surface area contributed by atoms with Crippen molar-refractivity contribution in [1.82, 2.24) is 9.38 Å². The third-order valence-corrected chi connectivity index (χ3v) is 5.65. The van der Waals surface area contributed by atoms with Gasteiger partial charge in [-0.1, -0.05) is 54.6 Å². The molecule has 4 heteroatoms. The molecule has 29 heavy (non-hydrogen) atoms. The molecule has 0 aliphatic heterocycles.